The Kier molecular flexibility index (Phi) is 2.53. The molecular formula is C13H10ClN3. The third kappa shape index (κ3) is 2.15. The van der Waals surface area contributed by atoms with Crippen molar-refractivity contribution in [2.45, 2.75) is 6.42 Å². The summed E-state index contributed by atoms with van der Waals surface area (Å²) in [5.74, 6) is 0.904. The zero-order chi connectivity index (χ0) is 11.7. The number of nitrogens with zero attached hydrogens (tertiary/aromatic N) is 2. The van der Waals surface area contributed by atoms with Crippen LogP contribution in [-0.4, -0.2) is 15.0 Å². The molecule has 0 bridgehead atoms. The van der Waals surface area contributed by atoms with Gasteiger partial charge in [0, 0.05) is 17.6 Å². The van der Waals surface area contributed by atoms with Crippen LogP contribution in [0.5, 0.6) is 0 Å². The first-order valence-electron chi connectivity index (χ1n) is 5.35. The molecule has 0 amide bonds. The highest BCUT2D eigenvalue weighted by Gasteiger charge is 2.04. The number of hydrogen-bond donors (Lipinski definition) is 1. The van der Waals surface area contributed by atoms with Gasteiger partial charge in [0.15, 0.2) is 5.65 Å². The molecule has 3 nitrogen and oxygen atoms in total. The van der Waals surface area contributed by atoms with Gasteiger partial charge >= 0.3 is 0 Å². The topological polar surface area (TPSA) is 41.6 Å². The zero-order valence-electron chi connectivity index (χ0n) is 9.02. The van der Waals surface area contributed by atoms with E-state index in [0.29, 0.717) is 0 Å². The number of aromatic amines is 1. The summed E-state index contributed by atoms with van der Waals surface area (Å²) in [5, 5.41) is 0.747. The molecule has 1 aromatic carbocycles. The molecule has 0 spiro atoms. The minimum absolute atomic E-state index is 0.733. The molecule has 4 heteroatoms. The van der Waals surface area contributed by atoms with Gasteiger partial charge in [0.2, 0.25) is 0 Å². The molecule has 2 aromatic heterocycles. The Labute approximate surface area is 103 Å². The lowest BCUT2D eigenvalue weighted by molar-refractivity contribution is 1.03. The van der Waals surface area contributed by atoms with Gasteiger partial charge in [-0.05, 0) is 29.8 Å². The van der Waals surface area contributed by atoms with Crippen LogP contribution < -0.4 is 0 Å². The third-order valence-electron chi connectivity index (χ3n) is 2.57. The number of imidazole rings is 1. The molecule has 3 rings (SSSR count). The fourth-order valence-electron chi connectivity index (χ4n) is 1.82. The molecule has 0 aliphatic carbocycles. The number of fused-ring (bicyclic) bond motifs is 1. The Morgan fingerprint density at radius 3 is 2.94 bits per heavy atom. The average Bonchev–Trinajstić information content (AvgIpc) is 2.71. The maximum absolute atomic E-state index is 5.95. The average molecular weight is 244 g/mol. The van der Waals surface area contributed by atoms with Crippen LogP contribution >= 0.6 is 11.6 Å². The Bertz CT molecular complexity index is 627. The van der Waals surface area contributed by atoms with E-state index in [0.717, 1.165) is 34.0 Å². The van der Waals surface area contributed by atoms with E-state index in [9.17, 15) is 0 Å². The minimum atomic E-state index is 0.733. The number of rotatable bonds is 2. The number of nitrogens with one attached hydrogen (secondary N) is 1. The van der Waals surface area contributed by atoms with E-state index in [1.807, 2.05) is 36.4 Å². The second-order valence-electron chi connectivity index (χ2n) is 3.86. The van der Waals surface area contributed by atoms with Gasteiger partial charge in [-0.25, -0.2) is 9.97 Å². The van der Waals surface area contributed by atoms with Gasteiger partial charge in [0.05, 0.1) is 5.52 Å². The van der Waals surface area contributed by atoms with Gasteiger partial charge in [-0.2, -0.15) is 0 Å². The normalized spacial score (nSPS) is 10.9. The molecule has 0 aliphatic rings. The molecule has 17 heavy (non-hydrogen) atoms. The maximum Gasteiger partial charge on any atom is 0.177 e. The van der Waals surface area contributed by atoms with E-state index in [1.54, 1.807) is 6.20 Å². The summed E-state index contributed by atoms with van der Waals surface area (Å²) in [6.07, 6.45) is 2.48. The number of hydrogen-bond acceptors (Lipinski definition) is 2. The van der Waals surface area contributed by atoms with Crippen molar-refractivity contribution in [1.29, 1.82) is 0 Å². The van der Waals surface area contributed by atoms with Gasteiger partial charge in [0.1, 0.15) is 5.82 Å². The van der Waals surface area contributed by atoms with Crippen LogP contribution in [0.2, 0.25) is 5.02 Å². The molecule has 0 aliphatic heterocycles. The molecule has 0 saturated heterocycles. The predicted molar refractivity (Wildman–Crippen MR) is 68.1 cm³/mol. The lowest BCUT2D eigenvalue weighted by Crippen LogP contribution is -1.90. The van der Waals surface area contributed by atoms with Crippen LogP contribution in [0.25, 0.3) is 11.2 Å². The van der Waals surface area contributed by atoms with Crippen molar-refractivity contribution in [2.24, 2.45) is 0 Å². The third-order valence-corrected chi connectivity index (χ3v) is 2.80. The maximum atomic E-state index is 5.95. The minimum Gasteiger partial charge on any atom is -0.340 e. The first-order valence-corrected chi connectivity index (χ1v) is 5.73. The largest absolute Gasteiger partial charge is 0.340 e. The Balaban J connectivity index is 1.94. The van der Waals surface area contributed by atoms with Crippen molar-refractivity contribution in [3.8, 4) is 0 Å². The van der Waals surface area contributed by atoms with Crippen LogP contribution in [-0.2, 0) is 6.42 Å². The standard InChI is InChI=1S/C13H10ClN3/c14-10-4-1-3-9(7-10)8-12-16-11-5-2-6-15-13(11)17-12/h1-7H,8H2,(H,15,16,17). The van der Waals surface area contributed by atoms with Crippen molar-refractivity contribution in [1.82, 2.24) is 15.0 Å². The van der Waals surface area contributed by atoms with E-state index in [2.05, 4.69) is 15.0 Å². The number of pyridine rings is 1. The van der Waals surface area contributed by atoms with E-state index in [1.165, 1.54) is 0 Å². The lowest BCUT2D eigenvalue weighted by atomic mass is 10.1. The van der Waals surface area contributed by atoms with Gasteiger partial charge in [-0.3, -0.25) is 0 Å². The molecule has 0 saturated carbocycles. The summed E-state index contributed by atoms with van der Waals surface area (Å²) in [5.41, 5.74) is 2.85. The number of benzene rings is 1. The Morgan fingerprint density at radius 1 is 1.18 bits per heavy atom. The first kappa shape index (κ1) is 10.3. The summed E-state index contributed by atoms with van der Waals surface area (Å²) in [6.45, 7) is 0. The molecule has 0 unspecified atom stereocenters. The van der Waals surface area contributed by atoms with E-state index >= 15 is 0 Å². The van der Waals surface area contributed by atoms with E-state index < -0.39 is 0 Å². The number of aromatic nitrogens is 3. The van der Waals surface area contributed by atoms with Crippen LogP contribution in [0.1, 0.15) is 11.4 Å². The highest BCUT2D eigenvalue weighted by Crippen LogP contribution is 2.15. The summed E-state index contributed by atoms with van der Waals surface area (Å²) < 4.78 is 0. The molecule has 2 heterocycles. The molecule has 1 N–H and O–H groups in total. The van der Waals surface area contributed by atoms with Crippen molar-refractivity contribution in [2.75, 3.05) is 0 Å². The van der Waals surface area contributed by atoms with Crippen molar-refractivity contribution in [3.63, 3.8) is 0 Å². The monoisotopic (exact) mass is 243 g/mol. The fourth-order valence-corrected chi connectivity index (χ4v) is 2.03. The van der Waals surface area contributed by atoms with Crippen LogP contribution in [0.3, 0.4) is 0 Å². The molecule has 3 aromatic rings. The summed E-state index contributed by atoms with van der Waals surface area (Å²) in [4.78, 5) is 11.9. The highest BCUT2D eigenvalue weighted by molar-refractivity contribution is 6.30. The molecular weight excluding hydrogens is 234 g/mol. The number of H-pyrrole nitrogens is 1. The summed E-state index contributed by atoms with van der Waals surface area (Å²) in [6, 6.07) is 11.7. The molecule has 84 valence electrons. The molecule has 0 fully saturated rings. The second kappa shape index (κ2) is 4.18. The van der Waals surface area contributed by atoms with Gasteiger partial charge in [0.25, 0.3) is 0 Å². The second-order valence-corrected chi connectivity index (χ2v) is 4.30. The Hall–Kier alpha value is -1.87. The Morgan fingerprint density at radius 2 is 2.12 bits per heavy atom. The van der Waals surface area contributed by atoms with Crippen molar-refractivity contribution >= 4 is 22.8 Å². The molecule has 0 radical (unpaired) electrons. The fraction of sp³-hybridized carbons (Fsp3) is 0.0769. The molecule has 0 atom stereocenters. The van der Waals surface area contributed by atoms with Crippen molar-refractivity contribution in [3.05, 3.63) is 59.0 Å². The van der Waals surface area contributed by atoms with Crippen LogP contribution in [0.15, 0.2) is 42.6 Å². The van der Waals surface area contributed by atoms with E-state index in [-0.39, 0.29) is 0 Å². The quantitative estimate of drug-likeness (QED) is 0.751. The van der Waals surface area contributed by atoms with Crippen LogP contribution in [0, 0.1) is 0 Å². The summed E-state index contributed by atoms with van der Waals surface area (Å²) >= 11 is 5.95. The predicted octanol–water partition coefficient (Wildman–Crippen LogP) is 3.20. The SMILES string of the molecule is Clc1cccc(Cc2nc3ncccc3[nH]2)c1. The lowest BCUT2D eigenvalue weighted by Gasteiger charge is -1.98. The first-order chi connectivity index (χ1) is 8.31. The zero-order valence-corrected chi connectivity index (χ0v) is 9.78. The summed E-state index contributed by atoms with van der Waals surface area (Å²) in [7, 11) is 0. The van der Waals surface area contributed by atoms with Crippen LogP contribution in [0.4, 0.5) is 0 Å². The smallest absolute Gasteiger partial charge is 0.177 e. The highest BCUT2D eigenvalue weighted by atomic mass is 35.5. The van der Waals surface area contributed by atoms with Gasteiger partial charge < -0.3 is 4.98 Å². The van der Waals surface area contributed by atoms with E-state index in [4.69, 9.17) is 11.6 Å². The number of halogens is 1. The van der Waals surface area contributed by atoms with Crippen molar-refractivity contribution < 1.29 is 0 Å². The van der Waals surface area contributed by atoms with Gasteiger partial charge in [-0.15, -0.1) is 0 Å². The van der Waals surface area contributed by atoms with Gasteiger partial charge in [-0.1, -0.05) is 23.7 Å².